The zero-order chi connectivity index (χ0) is 20.1. The number of anilines is 1. The number of nitrogens with zero attached hydrogens (tertiary/aromatic N) is 1. The van der Waals surface area contributed by atoms with Crippen LogP contribution in [0.25, 0.3) is 0 Å². The van der Waals surface area contributed by atoms with Gasteiger partial charge in [0, 0.05) is 5.69 Å². The van der Waals surface area contributed by atoms with Crippen molar-refractivity contribution in [3.05, 3.63) is 65.2 Å². The minimum absolute atomic E-state index is 0.0753. The molecular weight excluding hydrogens is 360 g/mol. The number of aryl methyl sites for hydroxylation is 2. The molecule has 2 amide bonds. The van der Waals surface area contributed by atoms with Crippen molar-refractivity contribution in [2.75, 3.05) is 12.0 Å². The number of rotatable bonds is 5. The molecule has 1 heterocycles. The van der Waals surface area contributed by atoms with Gasteiger partial charge in [-0.1, -0.05) is 36.4 Å². The maximum Gasteiger partial charge on any atom is 0.413 e. The largest absolute Gasteiger partial charge is 0.444 e. The van der Waals surface area contributed by atoms with E-state index in [1.165, 1.54) is 0 Å². The van der Waals surface area contributed by atoms with Crippen molar-refractivity contribution >= 4 is 23.7 Å². The lowest BCUT2D eigenvalue weighted by atomic mass is 10.1. The first-order valence-corrected chi connectivity index (χ1v) is 8.95. The third-order valence-corrected chi connectivity index (χ3v) is 4.60. The molecule has 0 aliphatic carbocycles. The summed E-state index contributed by atoms with van der Waals surface area (Å²) in [5.41, 5.74) is 3.62. The van der Waals surface area contributed by atoms with Gasteiger partial charge in [0.1, 0.15) is 12.6 Å². The highest BCUT2D eigenvalue weighted by Crippen LogP contribution is 2.19. The van der Waals surface area contributed by atoms with E-state index in [9.17, 15) is 14.4 Å². The number of benzene rings is 2. The van der Waals surface area contributed by atoms with Crippen molar-refractivity contribution in [2.24, 2.45) is 0 Å². The van der Waals surface area contributed by atoms with E-state index < -0.39 is 18.1 Å². The molecule has 0 saturated carbocycles. The van der Waals surface area contributed by atoms with Gasteiger partial charge in [0.2, 0.25) is 5.91 Å². The second-order valence-corrected chi connectivity index (χ2v) is 6.67. The standard InChI is InChI=1S/C21H22N2O5/c1-14-8-9-17(10-15(14)2)22-19(24)11-18-20(25)28-13-23(18)21(26)27-12-16-6-4-3-5-7-16/h3-10,18H,11-13H2,1-2H3,(H,22,24)/t18-/m0/s1. The van der Waals surface area contributed by atoms with Gasteiger partial charge in [-0.3, -0.25) is 9.69 Å². The number of carbonyl (C=O) groups is 3. The summed E-state index contributed by atoms with van der Waals surface area (Å²) < 4.78 is 10.2. The second-order valence-electron chi connectivity index (χ2n) is 6.67. The van der Waals surface area contributed by atoms with E-state index in [0.29, 0.717) is 5.69 Å². The Kier molecular flexibility index (Phi) is 5.93. The summed E-state index contributed by atoms with van der Waals surface area (Å²) in [6.07, 6.45) is -0.898. The van der Waals surface area contributed by atoms with E-state index in [0.717, 1.165) is 21.6 Å². The Hall–Kier alpha value is -3.35. The van der Waals surface area contributed by atoms with Crippen molar-refractivity contribution < 1.29 is 23.9 Å². The van der Waals surface area contributed by atoms with Gasteiger partial charge in [-0.05, 0) is 42.7 Å². The Morgan fingerprint density at radius 3 is 2.61 bits per heavy atom. The van der Waals surface area contributed by atoms with Crippen LogP contribution in [0.4, 0.5) is 10.5 Å². The lowest BCUT2D eigenvalue weighted by Crippen LogP contribution is -2.40. The fourth-order valence-electron chi connectivity index (χ4n) is 2.83. The first-order chi connectivity index (χ1) is 13.4. The Morgan fingerprint density at radius 1 is 1.14 bits per heavy atom. The zero-order valence-electron chi connectivity index (χ0n) is 15.8. The molecule has 0 aromatic heterocycles. The van der Waals surface area contributed by atoms with E-state index >= 15 is 0 Å². The van der Waals surface area contributed by atoms with E-state index in [1.807, 2.05) is 56.3 Å². The lowest BCUT2D eigenvalue weighted by Gasteiger charge is -2.19. The van der Waals surface area contributed by atoms with E-state index in [1.54, 1.807) is 6.07 Å². The first kappa shape index (κ1) is 19.4. The number of hydrogen-bond acceptors (Lipinski definition) is 5. The van der Waals surface area contributed by atoms with Crippen LogP contribution in [0, 0.1) is 13.8 Å². The molecule has 1 atom stereocenters. The molecule has 1 aliphatic heterocycles. The molecule has 2 aromatic rings. The van der Waals surface area contributed by atoms with E-state index in [2.05, 4.69) is 5.32 Å². The molecule has 7 heteroatoms. The van der Waals surface area contributed by atoms with Gasteiger partial charge in [-0.15, -0.1) is 0 Å². The molecule has 1 fully saturated rings. The number of nitrogens with one attached hydrogen (secondary N) is 1. The van der Waals surface area contributed by atoms with Crippen molar-refractivity contribution in [3.63, 3.8) is 0 Å². The maximum absolute atomic E-state index is 12.4. The quantitative estimate of drug-likeness (QED) is 0.803. The van der Waals surface area contributed by atoms with E-state index in [-0.39, 0.29) is 25.7 Å². The molecule has 0 spiro atoms. The average Bonchev–Trinajstić information content (AvgIpc) is 3.04. The number of amides is 2. The SMILES string of the molecule is Cc1ccc(NC(=O)C[C@H]2C(=O)OCN2C(=O)OCc2ccccc2)cc1C. The van der Waals surface area contributed by atoms with Gasteiger partial charge in [0.05, 0.1) is 6.42 Å². The van der Waals surface area contributed by atoms with Crippen LogP contribution >= 0.6 is 0 Å². The highest BCUT2D eigenvalue weighted by atomic mass is 16.6. The van der Waals surface area contributed by atoms with Gasteiger partial charge in [-0.25, -0.2) is 9.59 Å². The van der Waals surface area contributed by atoms with Crippen LogP contribution < -0.4 is 5.32 Å². The monoisotopic (exact) mass is 382 g/mol. The van der Waals surface area contributed by atoms with Gasteiger partial charge in [0.15, 0.2) is 6.73 Å². The van der Waals surface area contributed by atoms with Crippen molar-refractivity contribution in [1.82, 2.24) is 4.90 Å². The third kappa shape index (κ3) is 4.68. The predicted molar refractivity (Wildman–Crippen MR) is 102 cm³/mol. The van der Waals surface area contributed by atoms with Crippen molar-refractivity contribution in [3.8, 4) is 0 Å². The summed E-state index contributed by atoms with van der Waals surface area (Å²) >= 11 is 0. The summed E-state index contributed by atoms with van der Waals surface area (Å²) in [5.74, 6) is -1.00. The molecule has 1 saturated heterocycles. The first-order valence-electron chi connectivity index (χ1n) is 8.95. The molecule has 1 N–H and O–H groups in total. The van der Waals surface area contributed by atoms with Gasteiger partial charge in [-0.2, -0.15) is 0 Å². The predicted octanol–water partition coefficient (Wildman–Crippen LogP) is 3.15. The fourth-order valence-corrected chi connectivity index (χ4v) is 2.83. The molecular formula is C21H22N2O5. The summed E-state index contributed by atoms with van der Waals surface area (Å²) in [4.78, 5) is 37.8. The number of hydrogen-bond donors (Lipinski definition) is 1. The van der Waals surface area contributed by atoms with E-state index in [4.69, 9.17) is 9.47 Å². The number of cyclic esters (lactones) is 1. The van der Waals surface area contributed by atoms with Crippen LogP contribution in [0.3, 0.4) is 0 Å². The minimum atomic E-state index is -1.00. The maximum atomic E-state index is 12.4. The van der Waals surface area contributed by atoms with Crippen molar-refractivity contribution in [1.29, 1.82) is 0 Å². The summed E-state index contributed by atoms with van der Waals surface area (Å²) in [5, 5.41) is 2.75. The normalized spacial score (nSPS) is 15.9. The highest BCUT2D eigenvalue weighted by molar-refractivity contribution is 5.96. The molecule has 2 aromatic carbocycles. The minimum Gasteiger partial charge on any atom is -0.444 e. The Morgan fingerprint density at radius 2 is 1.89 bits per heavy atom. The molecule has 0 radical (unpaired) electrons. The Balaban J connectivity index is 1.59. The topological polar surface area (TPSA) is 84.9 Å². The van der Waals surface area contributed by atoms with Crippen LogP contribution in [-0.2, 0) is 25.7 Å². The fraction of sp³-hybridized carbons (Fsp3) is 0.286. The van der Waals surface area contributed by atoms with Crippen LogP contribution in [0.2, 0.25) is 0 Å². The molecule has 0 unspecified atom stereocenters. The van der Waals surface area contributed by atoms with Gasteiger partial charge >= 0.3 is 12.1 Å². The number of esters is 1. The smallest absolute Gasteiger partial charge is 0.413 e. The van der Waals surface area contributed by atoms with Crippen LogP contribution in [0.15, 0.2) is 48.5 Å². The van der Waals surface area contributed by atoms with Crippen molar-refractivity contribution in [2.45, 2.75) is 32.9 Å². The Bertz CT molecular complexity index is 882. The van der Waals surface area contributed by atoms with Crippen LogP contribution in [0.1, 0.15) is 23.1 Å². The number of carbonyl (C=O) groups excluding carboxylic acids is 3. The van der Waals surface area contributed by atoms with Crippen LogP contribution in [-0.4, -0.2) is 35.6 Å². The second kappa shape index (κ2) is 8.56. The molecule has 146 valence electrons. The third-order valence-electron chi connectivity index (χ3n) is 4.60. The molecule has 1 aliphatic rings. The van der Waals surface area contributed by atoms with Gasteiger partial charge in [0.25, 0.3) is 0 Å². The molecule has 28 heavy (non-hydrogen) atoms. The highest BCUT2D eigenvalue weighted by Gasteiger charge is 2.40. The summed E-state index contributed by atoms with van der Waals surface area (Å²) in [6.45, 7) is 3.78. The Labute approximate surface area is 163 Å². The van der Waals surface area contributed by atoms with Crippen LogP contribution in [0.5, 0.6) is 0 Å². The van der Waals surface area contributed by atoms with Gasteiger partial charge < -0.3 is 14.8 Å². The zero-order valence-corrected chi connectivity index (χ0v) is 15.8. The lowest BCUT2D eigenvalue weighted by molar-refractivity contribution is -0.140. The summed E-state index contributed by atoms with van der Waals surface area (Å²) in [7, 11) is 0. The average molecular weight is 382 g/mol. The summed E-state index contributed by atoms with van der Waals surface area (Å²) in [6, 6.07) is 13.7. The number of ether oxygens (including phenoxy) is 2. The molecule has 7 nitrogen and oxygen atoms in total. The molecule has 3 rings (SSSR count). The molecule has 0 bridgehead atoms.